The van der Waals surface area contributed by atoms with Gasteiger partial charge in [-0.1, -0.05) is 18.2 Å². The van der Waals surface area contributed by atoms with Crippen molar-refractivity contribution in [3.63, 3.8) is 0 Å². The van der Waals surface area contributed by atoms with Gasteiger partial charge < -0.3 is 25.6 Å². The number of ether oxygens (including phenoxy) is 1. The van der Waals surface area contributed by atoms with Crippen LogP contribution in [-0.2, 0) is 4.74 Å². The second-order valence-corrected chi connectivity index (χ2v) is 10.7. The lowest BCUT2D eigenvalue weighted by atomic mass is 9.89. The summed E-state index contributed by atoms with van der Waals surface area (Å²) >= 11 is 0. The molecule has 0 aromatic heterocycles. The molecule has 2 aliphatic rings. The van der Waals surface area contributed by atoms with Crippen LogP contribution in [0, 0.1) is 18.3 Å². The van der Waals surface area contributed by atoms with E-state index in [0.29, 0.717) is 75.2 Å². The van der Waals surface area contributed by atoms with E-state index >= 15 is 0 Å². The fraction of sp³-hybridized carbons (Fsp3) is 0.484. The molecule has 0 radical (unpaired) electrons. The van der Waals surface area contributed by atoms with Crippen LogP contribution in [0.3, 0.4) is 0 Å². The van der Waals surface area contributed by atoms with Crippen molar-refractivity contribution in [3.05, 3.63) is 64.7 Å². The van der Waals surface area contributed by atoms with Gasteiger partial charge >= 0.3 is 12.1 Å². The Kier molecular flexibility index (Phi) is 10.6. The SMILES string of the molecule is Cc1ccc(C(=O)N2CCC(c3ccc(C#N)cc3)CC2)cc1N(CCCCCNC(=O)N1CCOCC1)C(N)=O. The molecular formula is C31H40N6O4. The van der Waals surface area contributed by atoms with Crippen LogP contribution in [0.1, 0.15) is 65.1 Å². The van der Waals surface area contributed by atoms with Gasteiger partial charge in [0, 0.05) is 50.5 Å². The number of nitrogens with two attached hydrogens (primary N) is 1. The summed E-state index contributed by atoms with van der Waals surface area (Å²) in [5, 5.41) is 12.0. The van der Waals surface area contributed by atoms with Crippen LogP contribution < -0.4 is 16.0 Å². The molecule has 3 N–H and O–H groups in total. The second-order valence-electron chi connectivity index (χ2n) is 10.7. The molecule has 0 bridgehead atoms. The molecule has 2 aromatic carbocycles. The molecule has 0 saturated carbocycles. The van der Waals surface area contributed by atoms with Crippen LogP contribution in [-0.4, -0.2) is 80.3 Å². The average molecular weight is 561 g/mol. The van der Waals surface area contributed by atoms with Crippen LogP contribution in [0.2, 0.25) is 0 Å². The van der Waals surface area contributed by atoms with E-state index in [-0.39, 0.29) is 11.9 Å². The summed E-state index contributed by atoms with van der Waals surface area (Å²) in [6.45, 7) is 6.56. The van der Waals surface area contributed by atoms with Gasteiger partial charge in [0.25, 0.3) is 5.91 Å². The molecule has 0 spiro atoms. The molecule has 2 aromatic rings. The maximum absolute atomic E-state index is 13.4. The van der Waals surface area contributed by atoms with E-state index in [0.717, 1.165) is 37.7 Å². The topological polar surface area (TPSA) is 132 Å². The molecule has 218 valence electrons. The monoisotopic (exact) mass is 560 g/mol. The zero-order valence-electron chi connectivity index (χ0n) is 23.8. The van der Waals surface area contributed by atoms with E-state index in [2.05, 4.69) is 11.4 Å². The summed E-state index contributed by atoms with van der Waals surface area (Å²) in [6, 6.07) is 14.7. The van der Waals surface area contributed by atoms with Gasteiger partial charge in [0.15, 0.2) is 0 Å². The Balaban J connectivity index is 1.28. The predicted octanol–water partition coefficient (Wildman–Crippen LogP) is 3.98. The summed E-state index contributed by atoms with van der Waals surface area (Å²) < 4.78 is 5.28. The lowest BCUT2D eigenvalue weighted by Crippen LogP contribution is -2.46. The number of hydrogen-bond acceptors (Lipinski definition) is 5. The Hall–Kier alpha value is -4.10. The molecule has 4 rings (SSSR count). The number of hydrogen-bond donors (Lipinski definition) is 2. The number of likely N-dealkylation sites (tertiary alicyclic amines) is 1. The highest BCUT2D eigenvalue weighted by molar-refractivity contribution is 5.98. The molecule has 2 heterocycles. The number of unbranched alkanes of at least 4 members (excludes halogenated alkanes) is 2. The van der Waals surface area contributed by atoms with Crippen molar-refractivity contribution in [2.24, 2.45) is 5.73 Å². The number of nitrogens with zero attached hydrogens (tertiary/aromatic N) is 4. The van der Waals surface area contributed by atoms with Gasteiger partial charge in [-0.15, -0.1) is 0 Å². The quantitative estimate of drug-likeness (QED) is 0.448. The molecule has 5 amide bonds. The third-order valence-electron chi connectivity index (χ3n) is 7.94. The highest BCUT2D eigenvalue weighted by Crippen LogP contribution is 2.30. The summed E-state index contributed by atoms with van der Waals surface area (Å²) in [5.74, 6) is 0.309. The number of primary amides is 1. The minimum Gasteiger partial charge on any atom is -0.378 e. The average Bonchev–Trinajstić information content (AvgIpc) is 3.01. The van der Waals surface area contributed by atoms with Crippen molar-refractivity contribution in [2.45, 2.75) is 44.9 Å². The number of rotatable bonds is 9. The minimum absolute atomic E-state index is 0.0510. The zero-order valence-corrected chi connectivity index (χ0v) is 23.8. The van der Waals surface area contributed by atoms with Crippen molar-refractivity contribution in [1.29, 1.82) is 5.26 Å². The molecule has 2 fully saturated rings. The molecule has 10 nitrogen and oxygen atoms in total. The number of piperidine rings is 1. The van der Waals surface area contributed by atoms with Gasteiger partial charge in [0.2, 0.25) is 0 Å². The van der Waals surface area contributed by atoms with Gasteiger partial charge in [0.1, 0.15) is 0 Å². The number of carbonyl (C=O) groups is 3. The normalized spacial score (nSPS) is 15.7. The number of nitriles is 1. The first-order chi connectivity index (χ1) is 19.9. The number of benzene rings is 2. The first kappa shape index (κ1) is 29.9. The maximum Gasteiger partial charge on any atom is 0.319 e. The summed E-state index contributed by atoms with van der Waals surface area (Å²) in [4.78, 5) is 43.2. The highest BCUT2D eigenvalue weighted by atomic mass is 16.5. The van der Waals surface area contributed by atoms with Crippen LogP contribution in [0.4, 0.5) is 15.3 Å². The Morgan fingerprint density at radius 2 is 1.71 bits per heavy atom. The maximum atomic E-state index is 13.4. The number of amides is 5. The molecule has 2 aliphatic heterocycles. The van der Waals surface area contributed by atoms with Crippen molar-refractivity contribution < 1.29 is 19.1 Å². The van der Waals surface area contributed by atoms with Crippen molar-refractivity contribution >= 4 is 23.7 Å². The van der Waals surface area contributed by atoms with Gasteiger partial charge in [-0.3, -0.25) is 9.69 Å². The fourth-order valence-corrected chi connectivity index (χ4v) is 5.46. The number of carbonyl (C=O) groups excluding carboxylic acids is 3. The van der Waals surface area contributed by atoms with Gasteiger partial charge in [-0.2, -0.15) is 5.26 Å². The first-order valence-electron chi connectivity index (χ1n) is 14.4. The van der Waals surface area contributed by atoms with Gasteiger partial charge in [0.05, 0.1) is 24.8 Å². The summed E-state index contributed by atoms with van der Waals surface area (Å²) in [5.41, 5.74) is 9.67. The third kappa shape index (κ3) is 7.98. The Morgan fingerprint density at radius 3 is 2.37 bits per heavy atom. The van der Waals surface area contributed by atoms with E-state index in [4.69, 9.17) is 15.7 Å². The molecule has 0 atom stereocenters. The van der Waals surface area contributed by atoms with Crippen LogP contribution in [0.15, 0.2) is 42.5 Å². The Labute approximate surface area is 242 Å². The van der Waals surface area contributed by atoms with E-state index in [1.807, 2.05) is 48.2 Å². The minimum atomic E-state index is -0.554. The predicted molar refractivity (Wildman–Crippen MR) is 157 cm³/mol. The van der Waals surface area contributed by atoms with Gasteiger partial charge in [-0.25, -0.2) is 9.59 Å². The van der Waals surface area contributed by atoms with Crippen LogP contribution >= 0.6 is 0 Å². The van der Waals surface area contributed by atoms with E-state index in [9.17, 15) is 14.4 Å². The number of nitrogens with one attached hydrogen (secondary N) is 1. The smallest absolute Gasteiger partial charge is 0.319 e. The molecule has 2 saturated heterocycles. The Morgan fingerprint density at radius 1 is 1.00 bits per heavy atom. The summed E-state index contributed by atoms with van der Waals surface area (Å²) in [6.07, 6.45) is 4.04. The van der Waals surface area contributed by atoms with Crippen molar-refractivity contribution in [2.75, 3.05) is 57.4 Å². The molecule has 0 unspecified atom stereocenters. The van der Waals surface area contributed by atoms with Crippen LogP contribution in [0.5, 0.6) is 0 Å². The number of urea groups is 2. The standard InChI is InChI=1S/C31H40N6O4/c1-23-5-8-27(29(38)35-15-11-26(12-16-35)25-9-6-24(22-32)7-10-25)21-28(23)37(30(33)39)14-4-2-3-13-34-31(40)36-17-19-41-20-18-36/h5-10,21,26H,2-4,11-20H2,1H3,(H2,33,39)(H,34,40). The summed E-state index contributed by atoms with van der Waals surface area (Å²) in [7, 11) is 0. The zero-order chi connectivity index (χ0) is 29.2. The lowest BCUT2D eigenvalue weighted by molar-refractivity contribution is 0.0532. The van der Waals surface area contributed by atoms with E-state index in [1.165, 1.54) is 10.5 Å². The number of aryl methyl sites for hydroxylation is 1. The highest BCUT2D eigenvalue weighted by Gasteiger charge is 2.26. The Bertz CT molecular complexity index is 1240. The molecular weight excluding hydrogens is 520 g/mol. The molecule has 41 heavy (non-hydrogen) atoms. The van der Waals surface area contributed by atoms with E-state index in [1.54, 1.807) is 11.0 Å². The van der Waals surface area contributed by atoms with Crippen LogP contribution in [0.25, 0.3) is 0 Å². The molecule has 0 aliphatic carbocycles. The lowest BCUT2D eigenvalue weighted by Gasteiger charge is -2.32. The largest absolute Gasteiger partial charge is 0.378 e. The molecule has 10 heteroatoms. The third-order valence-corrected chi connectivity index (χ3v) is 7.94. The second kappa shape index (κ2) is 14.5. The fourth-order valence-electron chi connectivity index (χ4n) is 5.46. The van der Waals surface area contributed by atoms with E-state index < -0.39 is 6.03 Å². The van der Waals surface area contributed by atoms with Crippen molar-refractivity contribution in [1.82, 2.24) is 15.1 Å². The number of anilines is 1. The number of morpholine rings is 1. The van der Waals surface area contributed by atoms with Crippen molar-refractivity contribution in [3.8, 4) is 6.07 Å². The van der Waals surface area contributed by atoms with Gasteiger partial charge in [-0.05, 0) is 80.3 Å². The first-order valence-corrected chi connectivity index (χ1v) is 14.4.